The van der Waals surface area contributed by atoms with Crippen molar-refractivity contribution in [3.05, 3.63) is 29.3 Å². The molecular weight excluding hydrogens is 286 g/mol. The maximum absolute atomic E-state index is 11.6. The number of rotatable bonds is 5. The van der Waals surface area contributed by atoms with Crippen LogP contribution in [0.25, 0.3) is 11.5 Å². The molecule has 0 radical (unpaired) electrons. The van der Waals surface area contributed by atoms with E-state index in [0.29, 0.717) is 22.9 Å². The molecule has 0 atom stereocenters. The molecule has 5 nitrogen and oxygen atoms in total. The summed E-state index contributed by atoms with van der Waals surface area (Å²) in [4.78, 5) is 11.6. The van der Waals surface area contributed by atoms with Gasteiger partial charge < -0.3 is 9.73 Å². The van der Waals surface area contributed by atoms with Gasteiger partial charge in [0, 0.05) is 11.6 Å². The normalized spacial score (nSPS) is 14.2. The first kappa shape index (κ1) is 14.1. The van der Waals surface area contributed by atoms with E-state index in [-0.39, 0.29) is 5.91 Å². The molecule has 1 N–H and O–H groups in total. The van der Waals surface area contributed by atoms with Crippen LogP contribution in [0.3, 0.4) is 0 Å². The topological polar surface area (TPSA) is 68.0 Å². The van der Waals surface area contributed by atoms with Crippen molar-refractivity contribution in [3.63, 3.8) is 0 Å². The third-order valence-electron chi connectivity index (χ3n) is 3.43. The molecule has 1 saturated carbocycles. The zero-order valence-electron chi connectivity index (χ0n) is 12.0. The molecule has 0 unspecified atom stereocenters. The monoisotopic (exact) mass is 303 g/mol. The third kappa shape index (κ3) is 3.64. The molecule has 0 saturated heterocycles. The zero-order chi connectivity index (χ0) is 14.8. The lowest BCUT2D eigenvalue weighted by Crippen LogP contribution is -2.26. The molecule has 0 bridgehead atoms. The summed E-state index contributed by atoms with van der Waals surface area (Å²) >= 11 is 1.27. The van der Waals surface area contributed by atoms with Crippen LogP contribution in [0.5, 0.6) is 0 Å². The lowest BCUT2D eigenvalue weighted by atomic mass is 10.1. The largest absolute Gasteiger partial charge is 0.411 e. The molecule has 2 aromatic rings. The van der Waals surface area contributed by atoms with E-state index in [1.165, 1.54) is 22.9 Å². The Balaban J connectivity index is 1.62. The number of benzene rings is 1. The second-order valence-corrected chi connectivity index (χ2v) is 6.23. The minimum atomic E-state index is 0.0217. The van der Waals surface area contributed by atoms with Crippen LogP contribution < -0.4 is 5.32 Å². The second kappa shape index (κ2) is 5.89. The molecule has 1 aromatic carbocycles. The number of carbonyl (C=O) groups excluding carboxylic acids is 1. The second-order valence-electron chi connectivity index (χ2n) is 5.30. The number of nitrogens with zero attached hydrogens (tertiary/aromatic N) is 2. The average molecular weight is 303 g/mol. The van der Waals surface area contributed by atoms with Crippen molar-refractivity contribution in [2.24, 2.45) is 0 Å². The maximum atomic E-state index is 11.6. The smallest absolute Gasteiger partial charge is 0.277 e. The minimum Gasteiger partial charge on any atom is -0.411 e. The van der Waals surface area contributed by atoms with Crippen LogP contribution in [-0.2, 0) is 4.79 Å². The predicted octanol–water partition coefficient (Wildman–Crippen LogP) is 2.72. The number of aromatic nitrogens is 2. The van der Waals surface area contributed by atoms with Gasteiger partial charge in [-0.2, -0.15) is 0 Å². The molecule has 1 aliphatic rings. The SMILES string of the molecule is Cc1ccc(-c2nnc(SCC(=O)NC3CC3)o2)cc1C. The number of amides is 1. The summed E-state index contributed by atoms with van der Waals surface area (Å²) in [5.74, 6) is 0.821. The standard InChI is InChI=1S/C15H17N3O2S/c1-9-3-4-11(7-10(9)2)14-17-18-15(20-14)21-8-13(19)16-12-5-6-12/h3-4,7,12H,5-6,8H2,1-2H3,(H,16,19). The van der Waals surface area contributed by atoms with E-state index >= 15 is 0 Å². The van der Waals surface area contributed by atoms with E-state index in [1.54, 1.807) is 0 Å². The van der Waals surface area contributed by atoms with Crippen molar-refractivity contribution in [3.8, 4) is 11.5 Å². The fourth-order valence-corrected chi connectivity index (χ4v) is 2.46. The van der Waals surface area contributed by atoms with Gasteiger partial charge in [-0.25, -0.2) is 0 Å². The molecule has 1 amide bonds. The Kier molecular flexibility index (Phi) is 3.96. The van der Waals surface area contributed by atoms with E-state index in [4.69, 9.17) is 4.42 Å². The fraction of sp³-hybridized carbons (Fsp3) is 0.400. The summed E-state index contributed by atoms with van der Waals surface area (Å²) in [6.07, 6.45) is 2.18. The summed E-state index contributed by atoms with van der Waals surface area (Å²) in [6.45, 7) is 4.11. The number of aryl methyl sites for hydroxylation is 2. The van der Waals surface area contributed by atoms with E-state index in [2.05, 4.69) is 22.4 Å². The Bertz CT molecular complexity index is 665. The van der Waals surface area contributed by atoms with Crippen molar-refractivity contribution in [2.75, 3.05) is 5.75 Å². The van der Waals surface area contributed by atoms with Gasteiger partial charge >= 0.3 is 0 Å². The summed E-state index contributed by atoms with van der Waals surface area (Å²) in [6, 6.07) is 6.40. The van der Waals surface area contributed by atoms with E-state index < -0.39 is 0 Å². The lowest BCUT2D eigenvalue weighted by Gasteiger charge is -2.01. The molecule has 1 aliphatic carbocycles. The Morgan fingerprint density at radius 1 is 1.33 bits per heavy atom. The first-order valence-corrected chi connectivity index (χ1v) is 7.93. The fourth-order valence-electron chi connectivity index (χ4n) is 1.88. The van der Waals surface area contributed by atoms with Crippen molar-refractivity contribution in [2.45, 2.75) is 38.0 Å². The molecule has 0 aliphatic heterocycles. The lowest BCUT2D eigenvalue weighted by molar-refractivity contribution is -0.118. The Labute approximate surface area is 127 Å². The highest BCUT2D eigenvalue weighted by Gasteiger charge is 2.23. The molecular formula is C15H17N3O2S. The Morgan fingerprint density at radius 2 is 2.14 bits per heavy atom. The zero-order valence-corrected chi connectivity index (χ0v) is 12.9. The first-order chi connectivity index (χ1) is 10.1. The molecule has 110 valence electrons. The van der Waals surface area contributed by atoms with Crippen LogP contribution >= 0.6 is 11.8 Å². The molecule has 6 heteroatoms. The van der Waals surface area contributed by atoms with Crippen molar-refractivity contribution in [1.29, 1.82) is 0 Å². The van der Waals surface area contributed by atoms with Crippen LogP contribution in [-0.4, -0.2) is 27.9 Å². The summed E-state index contributed by atoms with van der Waals surface area (Å²) < 4.78 is 5.60. The highest BCUT2D eigenvalue weighted by atomic mass is 32.2. The minimum absolute atomic E-state index is 0.0217. The molecule has 0 spiro atoms. The van der Waals surface area contributed by atoms with E-state index in [1.807, 2.05) is 25.1 Å². The Morgan fingerprint density at radius 3 is 2.86 bits per heavy atom. The van der Waals surface area contributed by atoms with Crippen LogP contribution in [0.15, 0.2) is 27.8 Å². The van der Waals surface area contributed by atoms with Crippen LogP contribution in [0.4, 0.5) is 0 Å². The van der Waals surface area contributed by atoms with E-state index in [0.717, 1.165) is 18.4 Å². The average Bonchev–Trinajstić information content (AvgIpc) is 3.14. The Hall–Kier alpha value is -1.82. The summed E-state index contributed by atoms with van der Waals surface area (Å²) in [7, 11) is 0. The number of nitrogens with one attached hydrogen (secondary N) is 1. The molecule has 1 heterocycles. The van der Waals surface area contributed by atoms with Crippen LogP contribution in [0.1, 0.15) is 24.0 Å². The van der Waals surface area contributed by atoms with Gasteiger partial charge in [-0.05, 0) is 49.9 Å². The molecule has 1 aromatic heterocycles. The van der Waals surface area contributed by atoms with Gasteiger partial charge in [-0.3, -0.25) is 4.79 Å². The van der Waals surface area contributed by atoms with Crippen molar-refractivity contribution in [1.82, 2.24) is 15.5 Å². The number of hydrogen-bond donors (Lipinski definition) is 1. The van der Waals surface area contributed by atoms with Crippen molar-refractivity contribution < 1.29 is 9.21 Å². The van der Waals surface area contributed by atoms with Gasteiger partial charge in [-0.1, -0.05) is 17.8 Å². The van der Waals surface area contributed by atoms with Gasteiger partial charge in [-0.15, -0.1) is 10.2 Å². The van der Waals surface area contributed by atoms with Gasteiger partial charge in [0.05, 0.1) is 5.75 Å². The summed E-state index contributed by atoms with van der Waals surface area (Å²) in [5, 5.41) is 11.4. The van der Waals surface area contributed by atoms with Gasteiger partial charge in [0.1, 0.15) is 0 Å². The first-order valence-electron chi connectivity index (χ1n) is 6.95. The maximum Gasteiger partial charge on any atom is 0.277 e. The van der Waals surface area contributed by atoms with Crippen LogP contribution in [0, 0.1) is 13.8 Å². The molecule has 1 fully saturated rings. The van der Waals surface area contributed by atoms with E-state index in [9.17, 15) is 4.79 Å². The highest BCUT2D eigenvalue weighted by Crippen LogP contribution is 2.25. The third-order valence-corrected chi connectivity index (χ3v) is 4.25. The molecule has 3 rings (SSSR count). The number of thioether (sulfide) groups is 1. The predicted molar refractivity (Wildman–Crippen MR) is 81.1 cm³/mol. The van der Waals surface area contributed by atoms with Crippen molar-refractivity contribution >= 4 is 17.7 Å². The van der Waals surface area contributed by atoms with Gasteiger partial charge in [0.15, 0.2) is 0 Å². The number of carbonyl (C=O) groups is 1. The van der Waals surface area contributed by atoms with Crippen LogP contribution in [0.2, 0.25) is 0 Å². The highest BCUT2D eigenvalue weighted by molar-refractivity contribution is 7.99. The summed E-state index contributed by atoms with van der Waals surface area (Å²) in [5.41, 5.74) is 3.31. The quantitative estimate of drug-likeness (QED) is 0.860. The molecule has 21 heavy (non-hydrogen) atoms. The number of hydrogen-bond acceptors (Lipinski definition) is 5. The van der Waals surface area contributed by atoms with Gasteiger partial charge in [0.25, 0.3) is 5.22 Å². The van der Waals surface area contributed by atoms with Gasteiger partial charge in [0.2, 0.25) is 11.8 Å².